The molecule has 1 aliphatic heterocycles. The molecule has 1 atom stereocenters. The van der Waals surface area contributed by atoms with E-state index in [1.807, 2.05) is 6.07 Å². The Labute approximate surface area is 130 Å². The van der Waals surface area contributed by atoms with Gasteiger partial charge in [0.2, 0.25) is 0 Å². The molecule has 0 spiro atoms. The van der Waals surface area contributed by atoms with Crippen molar-refractivity contribution < 1.29 is 14.8 Å². The molecular weight excluding hydrogens is 318 g/mol. The molecule has 2 rings (SSSR count). The minimum absolute atomic E-state index is 0.453. The lowest BCUT2D eigenvalue weighted by Crippen LogP contribution is -2.87. The predicted molar refractivity (Wildman–Crippen MR) is 84.4 cm³/mol. The smallest absolute Gasteiger partial charge is 0.137 e. The van der Waals surface area contributed by atoms with Crippen LogP contribution in [0, 0.1) is 0 Å². The van der Waals surface area contributed by atoms with E-state index in [4.69, 9.17) is 9.47 Å². The van der Waals surface area contributed by atoms with Crippen molar-refractivity contribution in [3.8, 4) is 5.75 Å². The molecule has 1 aromatic rings. The molecule has 1 saturated heterocycles. The zero-order valence-electron chi connectivity index (χ0n) is 12.4. The molecule has 0 radical (unpaired) electrons. The van der Waals surface area contributed by atoms with E-state index in [-0.39, 0.29) is 0 Å². The van der Waals surface area contributed by atoms with Crippen molar-refractivity contribution in [2.75, 3.05) is 26.3 Å². The van der Waals surface area contributed by atoms with Crippen molar-refractivity contribution in [3.05, 3.63) is 28.2 Å². The van der Waals surface area contributed by atoms with E-state index in [2.05, 4.69) is 47.2 Å². The summed E-state index contributed by atoms with van der Waals surface area (Å²) in [6.45, 7) is 8.10. The zero-order chi connectivity index (χ0) is 14.4. The number of benzene rings is 1. The SMILES string of the molecule is CC(C)c1cc(Br)ccc1OCC[NH2+]C[C@@H]1CCCO1. The highest BCUT2D eigenvalue weighted by molar-refractivity contribution is 9.10. The lowest BCUT2D eigenvalue weighted by molar-refractivity contribution is -0.661. The van der Waals surface area contributed by atoms with Gasteiger partial charge in [0.05, 0.1) is 0 Å². The normalized spacial score (nSPS) is 18.7. The van der Waals surface area contributed by atoms with Gasteiger partial charge < -0.3 is 14.8 Å². The molecule has 0 aromatic heterocycles. The van der Waals surface area contributed by atoms with Crippen molar-refractivity contribution in [2.24, 2.45) is 0 Å². The third-order valence-electron chi connectivity index (χ3n) is 3.63. The minimum atomic E-state index is 0.453. The molecule has 20 heavy (non-hydrogen) atoms. The first kappa shape index (κ1) is 15.8. The Morgan fingerprint density at radius 3 is 3.00 bits per heavy atom. The van der Waals surface area contributed by atoms with Gasteiger partial charge in [0.15, 0.2) is 0 Å². The minimum Gasteiger partial charge on any atom is -0.487 e. The van der Waals surface area contributed by atoms with Gasteiger partial charge in [0, 0.05) is 11.1 Å². The van der Waals surface area contributed by atoms with Gasteiger partial charge >= 0.3 is 0 Å². The summed E-state index contributed by atoms with van der Waals surface area (Å²) in [5.41, 5.74) is 1.26. The van der Waals surface area contributed by atoms with Crippen LogP contribution in [0.3, 0.4) is 0 Å². The van der Waals surface area contributed by atoms with Crippen molar-refractivity contribution in [3.63, 3.8) is 0 Å². The van der Waals surface area contributed by atoms with Crippen LogP contribution in [0.1, 0.15) is 38.2 Å². The van der Waals surface area contributed by atoms with Crippen LogP contribution in [0.5, 0.6) is 5.75 Å². The highest BCUT2D eigenvalue weighted by atomic mass is 79.9. The monoisotopic (exact) mass is 342 g/mol. The largest absolute Gasteiger partial charge is 0.487 e. The van der Waals surface area contributed by atoms with Crippen LogP contribution < -0.4 is 10.1 Å². The summed E-state index contributed by atoms with van der Waals surface area (Å²) in [5.74, 6) is 1.48. The summed E-state index contributed by atoms with van der Waals surface area (Å²) >= 11 is 3.52. The molecular formula is C16H25BrNO2+. The fourth-order valence-corrected chi connectivity index (χ4v) is 2.87. The van der Waals surface area contributed by atoms with Crippen LogP contribution in [0.25, 0.3) is 0 Å². The molecule has 0 amide bonds. The van der Waals surface area contributed by atoms with E-state index >= 15 is 0 Å². The van der Waals surface area contributed by atoms with Gasteiger partial charge in [-0.3, -0.25) is 0 Å². The molecule has 0 bridgehead atoms. The van der Waals surface area contributed by atoms with E-state index in [0.717, 1.165) is 36.5 Å². The second-order valence-electron chi connectivity index (χ2n) is 5.63. The fourth-order valence-electron chi connectivity index (χ4n) is 2.49. The number of hydrogen-bond acceptors (Lipinski definition) is 2. The molecule has 4 heteroatoms. The average molecular weight is 343 g/mol. The Balaban J connectivity index is 1.73. The van der Waals surface area contributed by atoms with Crippen molar-refractivity contribution in [2.45, 2.75) is 38.7 Å². The second-order valence-corrected chi connectivity index (χ2v) is 6.55. The molecule has 0 unspecified atom stereocenters. The first-order valence-corrected chi connectivity index (χ1v) is 8.31. The predicted octanol–water partition coefficient (Wildman–Crippen LogP) is 2.69. The van der Waals surface area contributed by atoms with Crippen LogP contribution in [-0.2, 0) is 4.74 Å². The maximum Gasteiger partial charge on any atom is 0.137 e. The van der Waals surface area contributed by atoms with E-state index < -0.39 is 0 Å². The Kier molecular flexibility index (Phi) is 6.33. The lowest BCUT2D eigenvalue weighted by atomic mass is 10.0. The van der Waals surface area contributed by atoms with Crippen LogP contribution >= 0.6 is 15.9 Å². The Hall–Kier alpha value is -0.580. The highest BCUT2D eigenvalue weighted by Crippen LogP contribution is 2.29. The van der Waals surface area contributed by atoms with Gasteiger partial charge in [-0.2, -0.15) is 0 Å². The summed E-state index contributed by atoms with van der Waals surface area (Å²) in [4.78, 5) is 0. The van der Waals surface area contributed by atoms with E-state index in [0.29, 0.717) is 12.0 Å². The quantitative estimate of drug-likeness (QED) is 0.773. The number of ether oxygens (including phenoxy) is 2. The molecule has 1 aromatic carbocycles. The molecule has 1 aliphatic rings. The molecule has 0 saturated carbocycles. The van der Waals surface area contributed by atoms with Crippen LogP contribution in [0.15, 0.2) is 22.7 Å². The summed E-state index contributed by atoms with van der Waals surface area (Å²) in [6, 6.07) is 6.24. The van der Waals surface area contributed by atoms with Gasteiger partial charge in [-0.25, -0.2) is 0 Å². The third-order valence-corrected chi connectivity index (χ3v) is 4.12. The Bertz CT molecular complexity index is 417. The Morgan fingerprint density at radius 1 is 1.45 bits per heavy atom. The van der Waals surface area contributed by atoms with Crippen molar-refractivity contribution in [1.82, 2.24) is 0 Å². The maximum absolute atomic E-state index is 5.93. The molecule has 0 aliphatic carbocycles. The van der Waals surface area contributed by atoms with Crippen molar-refractivity contribution in [1.29, 1.82) is 0 Å². The van der Waals surface area contributed by atoms with E-state index in [1.54, 1.807) is 0 Å². The topological polar surface area (TPSA) is 35.1 Å². The third kappa shape index (κ3) is 4.76. The van der Waals surface area contributed by atoms with Gasteiger partial charge in [-0.15, -0.1) is 0 Å². The molecule has 112 valence electrons. The first-order valence-electron chi connectivity index (χ1n) is 7.52. The summed E-state index contributed by atoms with van der Waals surface area (Å²) in [7, 11) is 0. The standard InChI is InChI=1S/C16H24BrNO2/c1-12(2)15-10-13(17)5-6-16(15)20-9-7-18-11-14-4-3-8-19-14/h5-6,10,12,14,18H,3-4,7-9,11H2,1-2H3/p+1/t14-/m0/s1. The van der Waals surface area contributed by atoms with Crippen LogP contribution in [-0.4, -0.2) is 32.4 Å². The number of rotatable bonds is 7. The Morgan fingerprint density at radius 2 is 2.30 bits per heavy atom. The van der Waals surface area contributed by atoms with Gasteiger partial charge in [0.25, 0.3) is 0 Å². The summed E-state index contributed by atoms with van der Waals surface area (Å²) in [6.07, 6.45) is 2.88. The molecule has 1 heterocycles. The van der Waals surface area contributed by atoms with Crippen LogP contribution in [0.2, 0.25) is 0 Å². The maximum atomic E-state index is 5.93. The number of hydrogen-bond donors (Lipinski definition) is 1. The van der Waals surface area contributed by atoms with E-state index in [9.17, 15) is 0 Å². The summed E-state index contributed by atoms with van der Waals surface area (Å²) < 4.78 is 12.6. The van der Waals surface area contributed by atoms with Gasteiger partial charge in [0.1, 0.15) is 31.5 Å². The molecule has 3 nitrogen and oxygen atoms in total. The number of nitrogens with two attached hydrogens (primary N) is 1. The second kappa shape index (κ2) is 8.01. The number of quaternary nitrogens is 1. The van der Waals surface area contributed by atoms with Crippen molar-refractivity contribution >= 4 is 15.9 Å². The van der Waals surface area contributed by atoms with Gasteiger partial charge in [-0.1, -0.05) is 29.8 Å². The highest BCUT2D eigenvalue weighted by Gasteiger charge is 2.16. The summed E-state index contributed by atoms with van der Waals surface area (Å²) in [5, 5.41) is 2.30. The van der Waals surface area contributed by atoms with Gasteiger partial charge in [-0.05, 0) is 42.5 Å². The van der Waals surface area contributed by atoms with Crippen LogP contribution in [0.4, 0.5) is 0 Å². The van der Waals surface area contributed by atoms with E-state index in [1.165, 1.54) is 18.4 Å². The fraction of sp³-hybridized carbons (Fsp3) is 0.625. The average Bonchev–Trinajstić information content (AvgIpc) is 2.92. The molecule has 1 fully saturated rings. The zero-order valence-corrected chi connectivity index (χ0v) is 14.0. The first-order chi connectivity index (χ1) is 9.66. The lowest BCUT2D eigenvalue weighted by Gasteiger charge is -2.14. The number of halogens is 1. The molecule has 2 N–H and O–H groups in total.